The molecule has 0 saturated heterocycles. The molecule has 0 unspecified atom stereocenters. The van der Waals surface area contributed by atoms with Crippen LogP contribution < -0.4 is 5.73 Å². The minimum absolute atomic E-state index is 0.487. The fourth-order valence-electron chi connectivity index (χ4n) is 2.07. The zero-order valence-electron chi connectivity index (χ0n) is 6.22. The maximum Gasteiger partial charge on any atom is 0.0130 e. The van der Waals surface area contributed by atoms with Gasteiger partial charge in [-0.2, -0.15) is 0 Å². The van der Waals surface area contributed by atoms with Crippen LogP contribution in [0.25, 0.3) is 0 Å². The van der Waals surface area contributed by atoms with Gasteiger partial charge in [0.2, 0.25) is 0 Å². The van der Waals surface area contributed by atoms with E-state index in [9.17, 15) is 0 Å². The molecule has 52 valence electrons. The van der Waals surface area contributed by atoms with E-state index in [1.807, 2.05) is 0 Å². The van der Waals surface area contributed by atoms with E-state index >= 15 is 0 Å². The molecule has 0 aromatic rings. The van der Waals surface area contributed by atoms with E-state index in [4.69, 9.17) is 5.73 Å². The minimum atomic E-state index is 0.487. The largest absolute Gasteiger partial charge is 0.327 e. The van der Waals surface area contributed by atoms with Crippen molar-refractivity contribution in [2.75, 3.05) is 0 Å². The first-order chi connectivity index (χ1) is 4.14. The Labute approximate surface area is 56.6 Å². The van der Waals surface area contributed by atoms with Gasteiger partial charge in [-0.1, -0.05) is 13.8 Å². The van der Waals surface area contributed by atoms with E-state index in [1.165, 1.54) is 12.8 Å². The SMILES string of the molecule is CC1(C)[C@@H](N)[C@@H]1C1CC1. The predicted octanol–water partition coefficient (Wildman–Crippen LogP) is 1.38. The maximum atomic E-state index is 5.89. The number of hydrogen-bond donors (Lipinski definition) is 1. The third kappa shape index (κ3) is 0.644. The lowest BCUT2D eigenvalue weighted by Crippen LogP contribution is -2.06. The zero-order chi connectivity index (χ0) is 6.65. The van der Waals surface area contributed by atoms with Crippen LogP contribution in [-0.4, -0.2) is 6.04 Å². The number of nitrogens with two attached hydrogens (primary N) is 1. The first kappa shape index (κ1) is 5.72. The predicted molar refractivity (Wildman–Crippen MR) is 38.0 cm³/mol. The van der Waals surface area contributed by atoms with E-state index in [2.05, 4.69) is 13.8 Å². The molecule has 2 rings (SSSR count). The van der Waals surface area contributed by atoms with E-state index in [-0.39, 0.29) is 0 Å². The van der Waals surface area contributed by atoms with Crippen LogP contribution in [0.5, 0.6) is 0 Å². The molecule has 1 nitrogen and oxygen atoms in total. The Kier molecular flexibility index (Phi) is 0.852. The molecule has 0 bridgehead atoms. The second-order valence-electron chi connectivity index (χ2n) is 4.21. The van der Waals surface area contributed by atoms with Gasteiger partial charge in [0.05, 0.1) is 0 Å². The topological polar surface area (TPSA) is 26.0 Å². The molecular weight excluding hydrogens is 110 g/mol. The van der Waals surface area contributed by atoms with Crippen LogP contribution in [-0.2, 0) is 0 Å². The summed E-state index contributed by atoms with van der Waals surface area (Å²) in [5.41, 5.74) is 6.37. The molecule has 2 saturated carbocycles. The lowest BCUT2D eigenvalue weighted by atomic mass is 10.1. The van der Waals surface area contributed by atoms with Gasteiger partial charge < -0.3 is 5.73 Å². The zero-order valence-corrected chi connectivity index (χ0v) is 6.22. The van der Waals surface area contributed by atoms with Gasteiger partial charge in [-0.05, 0) is 30.1 Å². The molecule has 0 heterocycles. The first-order valence-electron chi connectivity index (χ1n) is 3.89. The van der Waals surface area contributed by atoms with Crippen LogP contribution >= 0.6 is 0 Å². The Bertz CT molecular complexity index is 136. The average molecular weight is 125 g/mol. The molecule has 2 aliphatic rings. The van der Waals surface area contributed by atoms with Crippen LogP contribution in [0.15, 0.2) is 0 Å². The molecule has 2 aliphatic carbocycles. The smallest absolute Gasteiger partial charge is 0.0130 e. The van der Waals surface area contributed by atoms with Crippen LogP contribution in [0.1, 0.15) is 26.7 Å². The van der Waals surface area contributed by atoms with E-state index < -0.39 is 0 Å². The Balaban J connectivity index is 2.03. The fourth-order valence-corrected chi connectivity index (χ4v) is 2.07. The Morgan fingerprint density at radius 1 is 1.33 bits per heavy atom. The van der Waals surface area contributed by atoms with E-state index in [1.54, 1.807) is 0 Å². The molecule has 0 aromatic heterocycles. The van der Waals surface area contributed by atoms with Crippen molar-refractivity contribution >= 4 is 0 Å². The standard InChI is InChI=1S/C8H15N/c1-8(2)6(7(8)9)5-3-4-5/h5-7H,3-4,9H2,1-2H3/t6-,7-/m0/s1. The van der Waals surface area contributed by atoms with Gasteiger partial charge in [0.15, 0.2) is 0 Å². The lowest BCUT2D eigenvalue weighted by molar-refractivity contribution is 0.517. The lowest BCUT2D eigenvalue weighted by Gasteiger charge is -1.97. The molecule has 0 aromatic carbocycles. The van der Waals surface area contributed by atoms with Crippen molar-refractivity contribution in [3.8, 4) is 0 Å². The van der Waals surface area contributed by atoms with Gasteiger partial charge >= 0.3 is 0 Å². The summed E-state index contributed by atoms with van der Waals surface area (Å²) in [5.74, 6) is 1.88. The summed E-state index contributed by atoms with van der Waals surface area (Å²) >= 11 is 0. The van der Waals surface area contributed by atoms with Gasteiger partial charge in [0.1, 0.15) is 0 Å². The third-order valence-corrected chi connectivity index (χ3v) is 3.13. The monoisotopic (exact) mass is 125 g/mol. The van der Waals surface area contributed by atoms with Crippen molar-refractivity contribution in [3.05, 3.63) is 0 Å². The van der Waals surface area contributed by atoms with Crippen LogP contribution in [0.2, 0.25) is 0 Å². The molecule has 9 heavy (non-hydrogen) atoms. The summed E-state index contributed by atoms with van der Waals surface area (Å²) in [4.78, 5) is 0. The first-order valence-corrected chi connectivity index (χ1v) is 3.89. The quantitative estimate of drug-likeness (QED) is 0.563. The van der Waals surface area contributed by atoms with Gasteiger partial charge in [-0.25, -0.2) is 0 Å². The Morgan fingerprint density at radius 2 is 1.78 bits per heavy atom. The van der Waals surface area contributed by atoms with Crippen molar-refractivity contribution < 1.29 is 0 Å². The van der Waals surface area contributed by atoms with Gasteiger partial charge in [-0.3, -0.25) is 0 Å². The van der Waals surface area contributed by atoms with Crippen molar-refractivity contribution in [2.45, 2.75) is 32.7 Å². The average Bonchev–Trinajstić information content (AvgIpc) is 2.54. The van der Waals surface area contributed by atoms with Gasteiger partial charge in [0.25, 0.3) is 0 Å². The van der Waals surface area contributed by atoms with Crippen LogP contribution in [0, 0.1) is 17.3 Å². The van der Waals surface area contributed by atoms with E-state index in [0.29, 0.717) is 11.5 Å². The third-order valence-electron chi connectivity index (χ3n) is 3.13. The Hall–Kier alpha value is -0.0400. The maximum absolute atomic E-state index is 5.89. The highest BCUT2D eigenvalue weighted by molar-refractivity contribution is 5.13. The van der Waals surface area contributed by atoms with Crippen molar-refractivity contribution in [2.24, 2.45) is 23.0 Å². The second kappa shape index (κ2) is 1.34. The highest BCUT2D eigenvalue weighted by Crippen LogP contribution is 2.61. The summed E-state index contributed by atoms with van der Waals surface area (Å²) in [7, 11) is 0. The molecule has 2 atom stereocenters. The summed E-state index contributed by atoms with van der Waals surface area (Å²) in [5, 5.41) is 0. The molecule has 2 fully saturated rings. The number of hydrogen-bond acceptors (Lipinski definition) is 1. The summed E-state index contributed by atoms with van der Waals surface area (Å²) < 4.78 is 0. The molecule has 1 heteroatoms. The Morgan fingerprint density at radius 3 is 1.89 bits per heavy atom. The molecule has 0 aliphatic heterocycles. The summed E-state index contributed by atoms with van der Waals surface area (Å²) in [6.45, 7) is 4.58. The van der Waals surface area contributed by atoms with Gasteiger partial charge in [-0.15, -0.1) is 0 Å². The molecule has 0 radical (unpaired) electrons. The normalized spacial score (nSPS) is 47.0. The highest BCUT2D eigenvalue weighted by Gasteiger charge is 2.61. The van der Waals surface area contributed by atoms with Crippen molar-refractivity contribution in [1.29, 1.82) is 0 Å². The highest BCUT2D eigenvalue weighted by atomic mass is 14.9. The molecule has 0 spiro atoms. The molecule has 2 N–H and O–H groups in total. The number of rotatable bonds is 1. The molecular formula is C8H15N. The summed E-state index contributed by atoms with van der Waals surface area (Å²) in [6.07, 6.45) is 2.89. The minimum Gasteiger partial charge on any atom is -0.327 e. The van der Waals surface area contributed by atoms with Crippen molar-refractivity contribution in [1.82, 2.24) is 0 Å². The second-order valence-corrected chi connectivity index (χ2v) is 4.21. The van der Waals surface area contributed by atoms with Gasteiger partial charge in [0, 0.05) is 6.04 Å². The summed E-state index contributed by atoms with van der Waals surface area (Å²) in [6, 6.07) is 0.519. The van der Waals surface area contributed by atoms with E-state index in [0.717, 1.165) is 11.8 Å². The van der Waals surface area contributed by atoms with Crippen LogP contribution in [0.3, 0.4) is 0 Å². The molecule has 0 amide bonds. The van der Waals surface area contributed by atoms with Crippen molar-refractivity contribution in [3.63, 3.8) is 0 Å². The van der Waals surface area contributed by atoms with Crippen LogP contribution in [0.4, 0.5) is 0 Å². The fraction of sp³-hybridized carbons (Fsp3) is 1.00.